The molecule has 0 amide bonds. The predicted octanol–water partition coefficient (Wildman–Crippen LogP) is 2.81. The molecule has 0 aliphatic carbocycles. The van der Waals surface area contributed by atoms with Crippen LogP contribution < -0.4 is 4.52 Å². The average Bonchev–Trinajstić information content (AvgIpc) is 2.90. The van der Waals surface area contributed by atoms with Crippen LogP contribution in [0.2, 0.25) is 0 Å². The van der Waals surface area contributed by atoms with Gasteiger partial charge in [-0.2, -0.15) is 0 Å². The van der Waals surface area contributed by atoms with Gasteiger partial charge in [0.25, 0.3) is 0 Å². The number of hydrogen-bond acceptors (Lipinski definition) is 5. The Morgan fingerprint density at radius 1 is 1.28 bits per heavy atom. The number of benzene rings is 2. The Morgan fingerprint density at radius 3 is 2.60 bits per heavy atom. The monoisotopic (exact) mass is 391 g/mol. The Labute approximate surface area is 183 Å². The first-order valence-corrected chi connectivity index (χ1v) is 8.11. The van der Waals surface area contributed by atoms with Crippen molar-refractivity contribution in [1.29, 1.82) is 0 Å². The zero-order valence-electron chi connectivity index (χ0n) is 12.0. The number of halogens is 1. The fourth-order valence-corrected chi connectivity index (χ4v) is 2.56. The molecule has 0 bridgehead atoms. The van der Waals surface area contributed by atoms with E-state index in [-0.39, 0.29) is 68.6 Å². The summed E-state index contributed by atoms with van der Waals surface area (Å²) in [6.45, 7) is 3.61. The number of phosphoric ester groups is 1. The molecule has 0 fully saturated rings. The maximum atomic E-state index is 13.9. The topological polar surface area (TPSA) is 113 Å². The summed E-state index contributed by atoms with van der Waals surface area (Å²) >= 11 is 0. The molecule has 1 aromatic heterocycles. The Kier molecular flexibility index (Phi) is 6.24. The molecular formula is C15H12FKNO6P. The van der Waals surface area contributed by atoms with Gasteiger partial charge in [-0.3, -0.25) is 9.79 Å². The van der Waals surface area contributed by atoms with Gasteiger partial charge in [0.2, 0.25) is 5.89 Å². The standard InChI is InChI=1S/C15H11FNO6P.K.H/c1-2-8-5-10(18)7-12-14(8)22-15(17-12)9-3-4-13(11(16)6-9)23-24(19,20)21;;/h2-7,18H,1H2,(H2,19,20,21);;. The number of rotatable bonds is 4. The third-order valence-electron chi connectivity index (χ3n) is 3.12. The number of aromatic nitrogens is 1. The summed E-state index contributed by atoms with van der Waals surface area (Å²) in [6.07, 6.45) is 1.48. The van der Waals surface area contributed by atoms with E-state index in [0.29, 0.717) is 16.7 Å². The minimum absolute atomic E-state index is 0. The molecule has 0 unspecified atom stereocenters. The first kappa shape index (κ1) is 20.3. The molecule has 3 rings (SSSR count). The maximum absolute atomic E-state index is 13.9. The summed E-state index contributed by atoms with van der Waals surface area (Å²) in [4.78, 5) is 21.6. The molecular weight excluding hydrogens is 379 g/mol. The molecule has 0 saturated heterocycles. The number of phenolic OH excluding ortho intramolecular Hbond substituents is 1. The number of oxazole rings is 1. The van der Waals surface area contributed by atoms with Crippen LogP contribution in [0.3, 0.4) is 0 Å². The van der Waals surface area contributed by atoms with Crippen molar-refractivity contribution in [2.75, 3.05) is 0 Å². The zero-order chi connectivity index (χ0) is 17.5. The second-order valence-corrected chi connectivity index (χ2v) is 6.00. The SMILES string of the molecule is C=Cc1cc(O)cc2nc(-c3ccc(OP(=O)(O)O)c(F)c3)oc12.[KH]. The molecule has 2 aromatic carbocycles. The third-order valence-corrected chi connectivity index (χ3v) is 3.55. The summed E-state index contributed by atoms with van der Waals surface area (Å²) in [5.74, 6) is -1.52. The predicted molar refractivity (Wildman–Crippen MR) is 91.0 cm³/mol. The summed E-state index contributed by atoms with van der Waals surface area (Å²) in [7, 11) is -4.86. The second-order valence-electron chi connectivity index (χ2n) is 4.83. The van der Waals surface area contributed by atoms with Crippen molar-refractivity contribution in [2.45, 2.75) is 0 Å². The summed E-state index contributed by atoms with van der Waals surface area (Å²) in [6, 6.07) is 6.21. The fourth-order valence-electron chi connectivity index (χ4n) is 2.15. The summed E-state index contributed by atoms with van der Waals surface area (Å²) in [5, 5.41) is 9.63. The number of nitrogens with zero attached hydrogens (tertiary/aromatic N) is 1. The van der Waals surface area contributed by atoms with Gasteiger partial charge in [-0.15, -0.1) is 0 Å². The van der Waals surface area contributed by atoms with Crippen LogP contribution in [-0.4, -0.2) is 71.3 Å². The number of phenols is 1. The van der Waals surface area contributed by atoms with Crippen LogP contribution in [-0.2, 0) is 4.57 Å². The van der Waals surface area contributed by atoms with E-state index in [2.05, 4.69) is 16.1 Å². The molecule has 7 nitrogen and oxygen atoms in total. The average molecular weight is 391 g/mol. The molecule has 25 heavy (non-hydrogen) atoms. The van der Waals surface area contributed by atoms with Crippen molar-refractivity contribution < 1.29 is 32.8 Å². The Balaban J connectivity index is 0.00000225. The molecule has 3 aromatic rings. The number of fused-ring (bicyclic) bond motifs is 1. The van der Waals surface area contributed by atoms with Gasteiger partial charge in [-0.1, -0.05) is 12.7 Å². The fraction of sp³-hybridized carbons (Fsp3) is 0. The van der Waals surface area contributed by atoms with E-state index in [0.717, 1.165) is 12.1 Å². The zero-order valence-corrected chi connectivity index (χ0v) is 12.9. The van der Waals surface area contributed by atoms with E-state index in [1.807, 2.05) is 0 Å². The van der Waals surface area contributed by atoms with Crippen LogP contribution in [0.15, 0.2) is 41.3 Å². The van der Waals surface area contributed by atoms with Gasteiger partial charge in [0.1, 0.15) is 11.3 Å². The van der Waals surface area contributed by atoms with E-state index in [4.69, 9.17) is 14.2 Å². The Hall–Kier alpha value is -1.03. The van der Waals surface area contributed by atoms with E-state index < -0.39 is 19.4 Å². The van der Waals surface area contributed by atoms with E-state index in [9.17, 15) is 14.1 Å². The summed E-state index contributed by atoms with van der Waals surface area (Å²) in [5.41, 5.74) is 1.48. The van der Waals surface area contributed by atoms with E-state index >= 15 is 0 Å². The van der Waals surface area contributed by atoms with Gasteiger partial charge >= 0.3 is 59.2 Å². The molecule has 126 valence electrons. The molecule has 0 aliphatic heterocycles. The Bertz CT molecular complexity index is 999. The molecule has 0 atom stereocenters. The molecule has 0 radical (unpaired) electrons. The number of hydrogen-bond donors (Lipinski definition) is 3. The van der Waals surface area contributed by atoms with E-state index in [1.165, 1.54) is 24.3 Å². The molecule has 0 saturated carbocycles. The van der Waals surface area contributed by atoms with Crippen LogP contribution in [0.4, 0.5) is 4.39 Å². The van der Waals surface area contributed by atoms with Gasteiger partial charge in [-0.05, 0) is 24.3 Å². The van der Waals surface area contributed by atoms with Crippen molar-refractivity contribution in [3.05, 3.63) is 48.3 Å². The van der Waals surface area contributed by atoms with Crippen molar-refractivity contribution >= 4 is 76.4 Å². The van der Waals surface area contributed by atoms with Gasteiger partial charge in [-0.25, -0.2) is 13.9 Å². The van der Waals surface area contributed by atoms with Gasteiger partial charge in [0.15, 0.2) is 17.1 Å². The molecule has 0 spiro atoms. The normalized spacial score (nSPS) is 11.2. The van der Waals surface area contributed by atoms with Crippen molar-refractivity contribution in [2.24, 2.45) is 0 Å². The van der Waals surface area contributed by atoms with Crippen molar-refractivity contribution in [1.82, 2.24) is 4.98 Å². The first-order valence-electron chi connectivity index (χ1n) is 6.58. The van der Waals surface area contributed by atoms with Crippen LogP contribution >= 0.6 is 7.82 Å². The number of phosphoric acid groups is 1. The van der Waals surface area contributed by atoms with Crippen LogP contribution in [0.5, 0.6) is 11.5 Å². The van der Waals surface area contributed by atoms with Gasteiger partial charge < -0.3 is 14.0 Å². The van der Waals surface area contributed by atoms with Crippen LogP contribution in [0.25, 0.3) is 28.6 Å². The molecule has 3 N–H and O–H groups in total. The number of aromatic hydroxyl groups is 1. The first-order chi connectivity index (χ1) is 11.3. The molecule has 10 heteroatoms. The quantitative estimate of drug-likeness (QED) is 0.463. The van der Waals surface area contributed by atoms with Crippen molar-refractivity contribution in [3.8, 4) is 23.0 Å². The summed E-state index contributed by atoms with van der Waals surface area (Å²) < 4.78 is 34.5. The van der Waals surface area contributed by atoms with E-state index in [1.54, 1.807) is 0 Å². The molecule has 1 heterocycles. The van der Waals surface area contributed by atoms with Crippen LogP contribution in [0, 0.1) is 5.82 Å². The van der Waals surface area contributed by atoms with Gasteiger partial charge in [0.05, 0.1) is 0 Å². The van der Waals surface area contributed by atoms with Crippen molar-refractivity contribution in [3.63, 3.8) is 0 Å². The minimum atomic E-state index is -4.86. The third kappa shape index (κ3) is 4.58. The Morgan fingerprint density at radius 2 is 2.00 bits per heavy atom. The van der Waals surface area contributed by atoms with Crippen LogP contribution in [0.1, 0.15) is 5.56 Å². The molecule has 0 aliphatic rings. The second kappa shape index (κ2) is 7.69. The van der Waals surface area contributed by atoms with Gasteiger partial charge in [0, 0.05) is 17.2 Å².